The topological polar surface area (TPSA) is 527 Å². The molecular formula is C87H95NO41. The van der Waals surface area contributed by atoms with Crippen molar-refractivity contribution >= 4 is 95.4 Å². The maximum atomic E-state index is 15.3. The second-order valence-corrected chi connectivity index (χ2v) is 29.4. The van der Waals surface area contributed by atoms with Crippen LogP contribution in [0.2, 0.25) is 0 Å². The molecule has 5 aromatic rings. The van der Waals surface area contributed by atoms with E-state index in [1.165, 1.54) is 127 Å². The van der Waals surface area contributed by atoms with Crippen LogP contribution in [0.3, 0.4) is 0 Å². The van der Waals surface area contributed by atoms with Crippen LogP contribution >= 0.6 is 0 Å². The lowest BCUT2D eigenvalue weighted by Gasteiger charge is -2.52. The van der Waals surface area contributed by atoms with Gasteiger partial charge in [0, 0.05) is 76.2 Å². The third-order valence-corrected chi connectivity index (χ3v) is 19.6. The first kappa shape index (κ1) is 98.4. The van der Waals surface area contributed by atoms with E-state index in [2.05, 4.69) is 5.32 Å². The molecule has 0 radical (unpaired) electrons. The van der Waals surface area contributed by atoms with Crippen molar-refractivity contribution in [2.45, 2.75) is 230 Å². The number of ether oxygens (including phenoxy) is 24. The van der Waals surface area contributed by atoms with Gasteiger partial charge >= 0.3 is 89.5 Å². The number of carbonyl (C=O) groups excluding carboxylic acids is 16. The van der Waals surface area contributed by atoms with Crippen molar-refractivity contribution in [3.05, 3.63) is 179 Å². The Bertz CT molecular complexity index is 4750. The number of nitrogens with one attached hydrogen (secondary N) is 1. The van der Waals surface area contributed by atoms with Gasteiger partial charge in [0.1, 0.15) is 94.0 Å². The van der Waals surface area contributed by atoms with Gasteiger partial charge in [-0.05, 0) is 60.7 Å². The molecule has 0 spiro atoms. The Balaban J connectivity index is 1.16. The van der Waals surface area contributed by atoms with E-state index in [0.29, 0.717) is 0 Å². The quantitative estimate of drug-likeness (QED) is 0.0441. The summed E-state index contributed by atoms with van der Waals surface area (Å²) in [6, 6.07) is 33.9. The monoisotopic (exact) mass is 1810 g/mol. The van der Waals surface area contributed by atoms with Crippen molar-refractivity contribution in [1.29, 1.82) is 0 Å². The zero-order valence-electron chi connectivity index (χ0n) is 71.2. The van der Waals surface area contributed by atoms with E-state index in [-0.39, 0.29) is 27.8 Å². The van der Waals surface area contributed by atoms with Crippen LogP contribution in [0.15, 0.2) is 152 Å². The minimum atomic E-state index is -2.45. The Labute approximate surface area is 735 Å². The fraction of sp³-hybridized carbons (Fsp3) is 0.471. The number of esters is 15. The molecule has 5 aliphatic heterocycles. The number of hydrogen-bond donors (Lipinski definition) is 2. The van der Waals surface area contributed by atoms with Crippen molar-refractivity contribution in [2.24, 2.45) is 0 Å². The number of rotatable bonds is 34. The van der Waals surface area contributed by atoms with Gasteiger partial charge in [-0.3, -0.25) is 52.7 Å². The van der Waals surface area contributed by atoms with Crippen LogP contribution in [0.5, 0.6) is 0 Å². The van der Waals surface area contributed by atoms with Gasteiger partial charge in [0.05, 0.1) is 27.8 Å². The lowest BCUT2D eigenvalue weighted by atomic mass is 9.93. The van der Waals surface area contributed by atoms with Crippen molar-refractivity contribution < 1.29 is 196 Å². The van der Waals surface area contributed by atoms with Crippen molar-refractivity contribution in [3.8, 4) is 0 Å². The van der Waals surface area contributed by atoms with Crippen LogP contribution in [0.4, 0.5) is 0 Å². The predicted molar refractivity (Wildman–Crippen MR) is 422 cm³/mol. The maximum Gasteiger partial charge on any atom is 0.338 e. The zero-order valence-corrected chi connectivity index (χ0v) is 71.2. The summed E-state index contributed by atoms with van der Waals surface area (Å²) in [7, 11) is 0. The Morgan fingerprint density at radius 1 is 0.240 bits per heavy atom. The molecule has 694 valence electrons. The highest BCUT2D eigenvalue weighted by atomic mass is 16.8. The molecular weight excluding hydrogens is 1710 g/mol. The molecule has 42 nitrogen and oxygen atoms in total. The molecule has 129 heavy (non-hydrogen) atoms. The van der Waals surface area contributed by atoms with Gasteiger partial charge in [-0.1, -0.05) is 91.0 Å². The van der Waals surface area contributed by atoms with Gasteiger partial charge < -0.3 is 124 Å². The lowest BCUT2D eigenvalue weighted by Crippen LogP contribution is -2.71. The Hall–Kier alpha value is -12.8. The summed E-state index contributed by atoms with van der Waals surface area (Å²) in [5.74, 6) is -17.9. The Kier molecular flexibility index (Phi) is 35.3. The predicted octanol–water partition coefficient (Wildman–Crippen LogP) is 3.25. The van der Waals surface area contributed by atoms with Gasteiger partial charge in [0.2, 0.25) is 5.91 Å². The van der Waals surface area contributed by atoms with E-state index in [9.17, 15) is 77.0 Å². The molecule has 2 N–H and O–H groups in total. The maximum absolute atomic E-state index is 15.3. The van der Waals surface area contributed by atoms with Crippen LogP contribution in [0, 0.1) is 0 Å². The van der Waals surface area contributed by atoms with E-state index in [1.807, 2.05) is 0 Å². The first-order valence-electron chi connectivity index (χ1n) is 40.2. The van der Waals surface area contributed by atoms with Crippen LogP contribution in [-0.2, 0) is 166 Å². The second-order valence-electron chi connectivity index (χ2n) is 29.4. The summed E-state index contributed by atoms with van der Waals surface area (Å²) in [5, 5.41) is 14.8. The summed E-state index contributed by atoms with van der Waals surface area (Å²) < 4.78 is 148. The number of aliphatic hydroxyl groups is 1. The zero-order chi connectivity index (χ0) is 93.4. The molecule has 0 unspecified atom stereocenters. The highest BCUT2D eigenvalue weighted by Gasteiger charge is 2.63. The molecule has 5 fully saturated rings. The van der Waals surface area contributed by atoms with E-state index in [1.54, 1.807) is 24.3 Å². The lowest BCUT2D eigenvalue weighted by molar-refractivity contribution is -0.386. The van der Waals surface area contributed by atoms with Crippen LogP contribution in [-0.4, -0.2) is 287 Å². The molecule has 0 saturated carbocycles. The molecule has 5 heterocycles. The molecule has 0 bridgehead atoms. The third kappa shape index (κ3) is 27.4. The molecule has 42 heteroatoms. The Morgan fingerprint density at radius 2 is 0.473 bits per heavy atom. The van der Waals surface area contributed by atoms with Gasteiger partial charge in [-0.2, -0.15) is 0 Å². The average Bonchev–Trinajstić information content (AvgIpc) is 0.753. The first-order chi connectivity index (χ1) is 61.5. The number of amides is 1. The third-order valence-electron chi connectivity index (χ3n) is 19.6. The highest BCUT2D eigenvalue weighted by molar-refractivity contribution is 5.92. The van der Waals surface area contributed by atoms with E-state index in [4.69, 9.17) is 114 Å². The van der Waals surface area contributed by atoms with Gasteiger partial charge in [0.15, 0.2) is 92.5 Å². The molecule has 25 atom stereocenters. The molecule has 5 aromatic carbocycles. The second kappa shape index (κ2) is 46.3. The van der Waals surface area contributed by atoms with Gasteiger partial charge in [-0.15, -0.1) is 0 Å². The molecule has 5 aliphatic rings. The van der Waals surface area contributed by atoms with Crippen LogP contribution < -0.4 is 5.32 Å². The minimum Gasteiger partial charge on any atom is -0.463 e. The van der Waals surface area contributed by atoms with Gasteiger partial charge in [-0.25, -0.2) is 24.0 Å². The first-order valence-corrected chi connectivity index (χ1v) is 40.2. The van der Waals surface area contributed by atoms with Crippen molar-refractivity contribution in [2.75, 3.05) is 33.0 Å². The van der Waals surface area contributed by atoms with Crippen LogP contribution in [0.25, 0.3) is 0 Å². The minimum absolute atomic E-state index is 0.0219. The summed E-state index contributed by atoms with van der Waals surface area (Å²) in [6.45, 7) is 5.21. The Morgan fingerprint density at radius 3 is 0.814 bits per heavy atom. The fourth-order valence-corrected chi connectivity index (χ4v) is 14.4. The molecule has 1 amide bonds. The number of aliphatic hydroxyl groups excluding tert-OH is 1. The normalized spacial score (nSPS) is 28.7. The standard InChI is InChI=1S/C87H95NO41/c1-42(89)88-63-69(114-49(8)96)64(126-85-76(117-52(11)99)72(66(112-47(6)94)61(120-85)39-108-45(4)92)129-86-75(116-51(10)98)71(115-50(9)97)65(111-46(5)93)60(121-86)38-107-44(3)91)59(37-106-43(2)90)119-84(63)128-73-67(113-48(7)95)62(41-110-79(101)54-29-19-13-20-30-54)122-87(77(73)125-82(104)57-35-25-16-26-36-57)127-68-58(40-109-78(100)53-27-17-12-18-28-53)118-83(105)74(124-81(103)56-33-23-15-24-34-56)70(68)123-80(102)55-31-21-14-22-32-55/h12-36,58-77,83-87,105H,37-41H2,1-11H3,(H,88,89)/t58-,59-,60-,61-,62-,63-,64-,65+,66+,67+,68-,69-,70+,71+,72+,73+,74-,75-,76-,77-,83+,84+,85+,86-,87+/m1/s1. The summed E-state index contributed by atoms with van der Waals surface area (Å²) in [4.78, 5) is 221. The van der Waals surface area contributed by atoms with Crippen LogP contribution in [0.1, 0.15) is 128 Å². The number of benzene rings is 5. The smallest absolute Gasteiger partial charge is 0.338 e. The van der Waals surface area contributed by atoms with Crippen molar-refractivity contribution in [3.63, 3.8) is 0 Å². The van der Waals surface area contributed by atoms with E-state index < -0.39 is 282 Å². The van der Waals surface area contributed by atoms with E-state index in [0.717, 1.165) is 76.2 Å². The summed E-state index contributed by atoms with van der Waals surface area (Å²) in [6.07, 6.45) is -52.0. The fourth-order valence-electron chi connectivity index (χ4n) is 14.4. The summed E-state index contributed by atoms with van der Waals surface area (Å²) in [5.41, 5.74) is -0.599. The molecule has 10 rings (SSSR count). The number of carbonyl (C=O) groups is 16. The van der Waals surface area contributed by atoms with E-state index >= 15 is 4.79 Å². The van der Waals surface area contributed by atoms with Crippen molar-refractivity contribution in [1.82, 2.24) is 5.32 Å². The average molecular weight is 1810 g/mol. The number of hydrogen-bond acceptors (Lipinski definition) is 41. The molecule has 5 saturated heterocycles. The van der Waals surface area contributed by atoms with Gasteiger partial charge in [0.25, 0.3) is 0 Å². The largest absolute Gasteiger partial charge is 0.463 e. The SMILES string of the molecule is CC(=O)N[C@H]1[C@H](O[C@H]2[C@@H](OC(C)=O)[C@@H](COC(=O)c3ccccc3)O[C@@H](O[C@H]3[C@H](OC(=O)c4ccccc4)[C@@H](OC(=O)c4ccccc4)[C@@H](O)O[C@@H]3COC(=O)c3ccccc3)[C@@H]2OC(=O)c2ccccc2)O[C@H](COC(C)=O)[C@@H](O[C@@H]2O[C@H](COC(C)=O)[C@H](OC(C)=O)[C@H](O[C@H]3O[C@H](COC(C)=O)[C@H](OC(C)=O)[C@H](OC(C)=O)[C@H]3OC(C)=O)[C@H]2OC(C)=O)[C@@H]1OC(C)=O. The highest BCUT2D eigenvalue weighted by Crippen LogP contribution is 2.42. The molecule has 0 aromatic heterocycles. The summed E-state index contributed by atoms with van der Waals surface area (Å²) >= 11 is 0. The molecule has 0 aliphatic carbocycles.